The van der Waals surface area contributed by atoms with Crippen molar-refractivity contribution in [3.63, 3.8) is 0 Å². The maximum atomic E-state index is 13.2. The topological polar surface area (TPSA) is 60.3 Å². The minimum atomic E-state index is -0.271. The summed E-state index contributed by atoms with van der Waals surface area (Å²) >= 11 is 0. The van der Waals surface area contributed by atoms with Crippen molar-refractivity contribution in [1.82, 2.24) is 4.57 Å². The van der Waals surface area contributed by atoms with Gasteiger partial charge in [-0.05, 0) is 55.3 Å². The molecule has 0 unspecified atom stereocenters. The van der Waals surface area contributed by atoms with Crippen LogP contribution in [-0.2, 0) is 0 Å². The molecule has 30 heavy (non-hydrogen) atoms. The van der Waals surface area contributed by atoms with Gasteiger partial charge >= 0.3 is 0 Å². The maximum Gasteiger partial charge on any atom is 0.262 e. The molecule has 5 nitrogen and oxygen atoms in total. The Morgan fingerprint density at radius 3 is 2.30 bits per heavy atom. The first-order valence-corrected chi connectivity index (χ1v) is 9.65. The van der Waals surface area contributed by atoms with Gasteiger partial charge < -0.3 is 10.1 Å². The average molecular weight is 398 g/mol. The average Bonchev–Trinajstić information content (AvgIpc) is 2.73. The third-order valence-electron chi connectivity index (χ3n) is 4.98. The minimum absolute atomic E-state index is 0.193. The monoisotopic (exact) mass is 398 g/mol. The second-order valence-corrected chi connectivity index (χ2v) is 7.30. The van der Waals surface area contributed by atoms with Gasteiger partial charge in [-0.15, -0.1) is 0 Å². The number of nitrogens with one attached hydrogen (secondary N) is 1. The van der Waals surface area contributed by atoms with E-state index < -0.39 is 0 Å². The molecule has 0 aliphatic rings. The Morgan fingerprint density at radius 2 is 1.60 bits per heavy atom. The minimum Gasteiger partial charge on any atom is -0.497 e. The van der Waals surface area contributed by atoms with Gasteiger partial charge in [0.05, 0.1) is 18.4 Å². The molecule has 0 atom stereocenters. The molecular formula is C25H22N2O3. The SMILES string of the molecule is COc1cccc(-n2cc(C(=O)Nc3cc(C)cc(C)c3)c3ccccc3c2=O)c1. The summed E-state index contributed by atoms with van der Waals surface area (Å²) in [5.74, 6) is 0.363. The third-order valence-corrected chi connectivity index (χ3v) is 4.98. The van der Waals surface area contributed by atoms with Crippen LogP contribution in [0.25, 0.3) is 16.5 Å². The predicted octanol–water partition coefficient (Wildman–Crippen LogP) is 4.87. The van der Waals surface area contributed by atoms with Gasteiger partial charge in [-0.25, -0.2) is 0 Å². The molecule has 0 saturated carbocycles. The first kappa shape index (κ1) is 19.5. The van der Waals surface area contributed by atoms with E-state index in [0.29, 0.717) is 27.8 Å². The van der Waals surface area contributed by atoms with Crippen LogP contribution in [0.4, 0.5) is 5.69 Å². The van der Waals surface area contributed by atoms with Crippen molar-refractivity contribution in [3.8, 4) is 11.4 Å². The Labute approximate surface area is 174 Å². The lowest BCUT2D eigenvalue weighted by Gasteiger charge is -2.14. The van der Waals surface area contributed by atoms with Crippen LogP contribution >= 0.6 is 0 Å². The number of hydrogen-bond acceptors (Lipinski definition) is 3. The highest BCUT2D eigenvalue weighted by atomic mass is 16.5. The first-order chi connectivity index (χ1) is 14.5. The second-order valence-electron chi connectivity index (χ2n) is 7.30. The van der Waals surface area contributed by atoms with E-state index in [1.807, 2.05) is 56.3 Å². The Bertz CT molecular complexity index is 1300. The molecule has 0 fully saturated rings. The molecule has 150 valence electrons. The maximum absolute atomic E-state index is 13.2. The van der Waals surface area contributed by atoms with E-state index in [2.05, 4.69) is 5.32 Å². The quantitative estimate of drug-likeness (QED) is 0.534. The number of fused-ring (bicyclic) bond motifs is 1. The fourth-order valence-electron chi connectivity index (χ4n) is 3.67. The number of hydrogen-bond donors (Lipinski definition) is 1. The number of pyridine rings is 1. The van der Waals surface area contributed by atoms with Gasteiger partial charge in [-0.2, -0.15) is 0 Å². The lowest BCUT2D eigenvalue weighted by Crippen LogP contribution is -2.22. The van der Waals surface area contributed by atoms with Gasteiger partial charge in [0.15, 0.2) is 0 Å². The molecule has 0 radical (unpaired) electrons. The molecule has 3 aromatic carbocycles. The third kappa shape index (κ3) is 3.70. The first-order valence-electron chi connectivity index (χ1n) is 9.65. The van der Waals surface area contributed by atoms with Crippen molar-refractivity contribution >= 4 is 22.4 Å². The highest BCUT2D eigenvalue weighted by Crippen LogP contribution is 2.22. The van der Waals surface area contributed by atoms with Crippen molar-refractivity contribution in [1.29, 1.82) is 0 Å². The lowest BCUT2D eigenvalue weighted by atomic mass is 10.1. The largest absolute Gasteiger partial charge is 0.497 e. The van der Waals surface area contributed by atoms with E-state index in [-0.39, 0.29) is 11.5 Å². The van der Waals surface area contributed by atoms with Crippen molar-refractivity contribution in [2.75, 3.05) is 12.4 Å². The van der Waals surface area contributed by atoms with Crippen LogP contribution in [0, 0.1) is 13.8 Å². The van der Waals surface area contributed by atoms with Gasteiger partial charge in [0.1, 0.15) is 5.75 Å². The summed E-state index contributed by atoms with van der Waals surface area (Å²) in [4.78, 5) is 26.4. The molecule has 4 aromatic rings. The molecule has 4 rings (SSSR count). The fourth-order valence-corrected chi connectivity index (χ4v) is 3.67. The highest BCUT2D eigenvalue weighted by molar-refractivity contribution is 6.12. The summed E-state index contributed by atoms with van der Waals surface area (Å²) in [5.41, 5.74) is 3.72. The summed E-state index contributed by atoms with van der Waals surface area (Å²) in [6.45, 7) is 3.97. The Hall–Kier alpha value is -3.86. The van der Waals surface area contributed by atoms with Crippen molar-refractivity contribution < 1.29 is 9.53 Å². The molecule has 0 aliphatic heterocycles. The molecule has 5 heteroatoms. The molecule has 0 bridgehead atoms. The van der Waals surface area contributed by atoms with E-state index >= 15 is 0 Å². The number of methoxy groups -OCH3 is 1. The van der Waals surface area contributed by atoms with Crippen LogP contribution < -0.4 is 15.6 Å². The van der Waals surface area contributed by atoms with Crippen LogP contribution in [0.15, 0.2) is 77.7 Å². The van der Waals surface area contributed by atoms with Gasteiger partial charge in [0.2, 0.25) is 0 Å². The van der Waals surface area contributed by atoms with Gasteiger partial charge in [-0.1, -0.05) is 30.3 Å². The summed E-state index contributed by atoms with van der Waals surface area (Å²) in [6.07, 6.45) is 1.59. The number of benzene rings is 3. The predicted molar refractivity (Wildman–Crippen MR) is 120 cm³/mol. The number of aryl methyl sites for hydroxylation is 2. The van der Waals surface area contributed by atoms with Gasteiger partial charge in [-0.3, -0.25) is 14.2 Å². The van der Waals surface area contributed by atoms with Gasteiger partial charge in [0.25, 0.3) is 11.5 Å². The molecule has 0 saturated heterocycles. The van der Waals surface area contributed by atoms with E-state index in [4.69, 9.17) is 4.74 Å². The van der Waals surface area contributed by atoms with Crippen molar-refractivity contribution in [2.45, 2.75) is 13.8 Å². The molecule has 0 spiro atoms. The number of aromatic nitrogens is 1. The molecular weight excluding hydrogens is 376 g/mol. The molecule has 1 aromatic heterocycles. The fraction of sp³-hybridized carbons (Fsp3) is 0.120. The van der Waals surface area contributed by atoms with E-state index in [1.54, 1.807) is 37.6 Å². The number of anilines is 1. The Kier molecular flexibility index (Phi) is 5.11. The van der Waals surface area contributed by atoms with Crippen LogP contribution in [0.5, 0.6) is 5.75 Å². The highest BCUT2D eigenvalue weighted by Gasteiger charge is 2.16. The smallest absolute Gasteiger partial charge is 0.262 e. The standard InChI is InChI=1S/C25H22N2O3/c1-16-11-17(2)13-18(12-16)26-24(28)23-15-27(19-7-6-8-20(14-19)30-3)25(29)22-10-5-4-9-21(22)23/h4-15H,1-3H3,(H,26,28). The number of rotatable bonds is 4. The van der Waals surface area contributed by atoms with Crippen molar-refractivity contribution in [2.24, 2.45) is 0 Å². The number of nitrogens with zero attached hydrogens (tertiary/aromatic N) is 1. The summed E-state index contributed by atoms with van der Waals surface area (Å²) in [6, 6.07) is 20.2. The Morgan fingerprint density at radius 1 is 0.900 bits per heavy atom. The van der Waals surface area contributed by atoms with E-state index in [0.717, 1.165) is 16.8 Å². The number of ether oxygens (including phenoxy) is 1. The molecule has 0 aliphatic carbocycles. The Balaban J connectivity index is 1.87. The molecule has 1 heterocycles. The summed E-state index contributed by atoms with van der Waals surface area (Å²) in [5, 5.41) is 4.07. The number of carbonyl (C=O) groups excluding carboxylic acids is 1. The zero-order valence-corrected chi connectivity index (χ0v) is 17.1. The second kappa shape index (κ2) is 7.87. The van der Waals surface area contributed by atoms with Crippen molar-refractivity contribution in [3.05, 3.63) is 100.0 Å². The van der Waals surface area contributed by atoms with Crippen LogP contribution in [0.1, 0.15) is 21.5 Å². The van der Waals surface area contributed by atoms with E-state index in [1.165, 1.54) is 4.57 Å². The van der Waals surface area contributed by atoms with Gasteiger partial charge in [0, 0.05) is 28.7 Å². The van der Waals surface area contributed by atoms with Crippen LogP contribution in [-0.4, -0.2) is 17.6 Å². The van der Waals surface area contributed by atoms with Crippen LogP contribution in [0.2, 0.25) is 0 Å². The normalized spacial score (nSPS) is 10.8. The van der Waals surface area contributed by atoms with Crippen LogP contribution in [0.3, 0.4) is 0 Å². The molecule has 1 amide bonds. The zero-order valence-electron chi connectivity index (χ0n) is 17.1. The lowest BCUT2D eigenvalue weighted by molar-refractivity contribution is 0.102. The molecule has 1 N–H and O–H groups in total. The number of amides is 1. The zero-order chi connectivity index (χ0) is 21.3. The van der Waals surface area contributed by atoms with E-state index in [9.17, 15) is 9.59 Å². The summed E-state index contributed by atoms with van der Waals surface area (Å²) in [7, 11) is 1.57. The summed E-state index contributed by atoms with van der Waals surface area (Å²) < 4.78 is 6.78. The number of carbonyl (C=O) groups is 1.